The molecule has 2 aromatic carbocycles. The van der Waals surface area contributed by atoms with Gasteiger partial charge in [-0.2, -0.15) is 9.90 Å². The quantitative estimate of drug-likeness (QED) is 0.533. The van der Waals surface area contributed by atoms with Gasteiger partial charge in [0.2, 0.25) is 0 Å². The number of carboxylic acid groups (broad SMARTS) is 1. The molecule has 0 aliphatic rings. The standard InChI is InChI=1S/C17H14N4O5/c1-11-16(17(22)23)19-20(18-11)13-7-8-15(14(9-13)21(24)25)26-10-12-5-3-2-4-6-12/h2-9H,10H2,1H3,(H,22,23). The average molecular weight is 354 g/mol. The second-order valence-corrected chi connectivity index (χ2v) is 5.41. The summed E-state index contributed by atoms with van der Waals surface area (Å²) in [5.74, 6) is -1.11. The number of nitrogens with zero attached hydrogens (tertiary/aromatic N) is 4. The summed E-state index contributed by atoms with van der Waals surface area (Å²) in [6.07, 6.45) is 0. The Hall–Kier alpha value is -3.75. The molecule has 0 fully saturated rings. The highest BCUT2D eigenvalue weighted by atomic mass is 16.6. The second kappa shape index (κ2) is 7.01. The van der Waals surface area contributed by atoms with Crippen LogP contribution < -0.4 is 4.74 Å². The lowest BCUT2D eigenvalue weighted by atomic mass is 10.2. The van der Waals surface area contributed by atoms with Gasteiger partial charge in [0.15, 0.2) is 11.4 Å². The summed E-state index contributed by atoms with van der Waals surface area (Å²) in [5, 5.41) is 28.3. The highest BCUT2D eigenvalue weighted by molar-refractivity contribution is 5.86. The van der Waals surface area contributed by atoms with E-state index in [4.69, 9.17) is 9.84 Å². The Morgan fingerprint density at radius 3 is 2.58 bits per heavy atom. The van der Waals surface area contributed by atoms with Gasteiger partial charge in [-0.1, -0.05) is 30.3 Å². The van der Waals surface area contributed by atoms with Crippen molar-refractivity contribution in [1.29, 1.82) is 0 Å². The van der Waals surface area contributed by atoms with Crippen molar-refractivity contribution in [3.05, 3.63) is 75.6 Å². The summed E-state index contributed by atoms with van der Waals surface area (Å²) in [7, 11) is 0. The summed E-state index contributed by atoms with van der Waals surface area (Å²) in [4.78, 5) is 22.9. The minimum absolute atomic E-state index is 0.102. The largest absolute Gasteiger partial charge is 0.482 e. The van der Waals surface area contributed by atoms with Crippen LogP contribution in [0.25, 0.3) is 5.69 Å². The van der Waals surface area contributed by atoms with Crippen LogP contribution in [0.2, 0.25) is 0 Å². The summed E-state index contributed by atoms with van der Waals surface area (Å²) >= 11 is 0. The molecule has 0 amide bonds. The van der Waals surface area contributed by atoms with Gasteiger partial charge in [0, 0.05) is 6.07 Å². The number of benzene rings is 2. The van der Waals surface area contributed by atoms with E-state index in [-0.39, 0.29) is 35.1 Å². The topological polar surface area (TPSA) is 120 Å². The molecule has 0 bridgehead atoms. The summed E-state index contributed by atoms with van der Waals surface area (Å²) in [6, 6.07) is 13.5. The molecule has 26 heavy (non-hydrogen) atoms. The molecule has 3 aromatic rings. The minimum Gasteiger partial charge on any atom is -0.482 e. The number of nitro benzene ring substituents is 1. The van der Waals surface area contributed by atoms with Crippen LogP contribution >= 0.6 is 0 Å². The predicted molar refractivity (Wildman–Crippen MR) is 90.5 cm³/mol. The van der Waals surface area contributed by atoms with Gasteiger partial charge in [0.05, 0.1) is 16.3 Å². The van der Waals surface area contributed by atoms with E-state index in [1.54, 1.807) is 0 Å². The van der Waals surface area contributed by atoms with Crippen LogP contribution in [0.5, 0.6) is 5.75 Å². The molecule has 0 atom stereocenters. The molecule has 0 aliphatic heterocycles. The molecule has 0 radical (unpaired) electrons. The number of carbonyl (C=O) groups is 1. The van der Waals surface area contributed by atoms with Gasteiger partial charge in [-0.15, -0.1) is 5.10 Å². The zero-order chi connectivity index (χ0) is 18.7. The fraction of sp³-hybridized carbons (Fsp3) is 0.118. The minimum atomic E-state index is -1.22. The van der Waals surface area contributed by atoms with Crippen molar-refractivity contribution < 1.29 is 19.6 Å². The van der Waals surface area contributed by atoms with Crippen LogP contribution in [0.3, 0.4) is 0 Å². The zero-order valence-corrected chi connectivity index (χ0v) is 13.7. The van der Waals surface area contributed by atoms with Crippen molar-refractivity contribution in [2.45, 2.75) is 13.5 Å². The molecular formula is C17H14N4O5. The number of carboxylic acids is 1. The Balaban J connectivity index is 1.90. The van der Waals surface area contributed by atoms with E-state index in [0.717, 1.165) is 10.4 Å². The number of nitro groups is 1. The van der Waals surface area contributed by atoms with Crippen molar-refractivity contribution >= 4 is 11.7 Å². The molecule has 9 nitrogen and oxygen atoms in total. The lowest BCUT2D eigenvalue weighted by molar-refractivity contribution is -0.385. The summed E-state index contributed by atoms with van der Waals surface area (Å²) in [6.45, 7) is 1.68. The normalized spacial score (nSPS) is 10.5. The van der Waals surface area contributed by atoms with Crippen LogP contribution in [0.4, 0.5) is 5.69 Å². The van der Waals surface area contributed by atoms with E-state index in [0.29, 0.717) is 0 Å². The van der Waals surface area contributed by atoms with Crippen molar-refractivity contribution in [3.63, 3.8) is 0 Å². The Bertz CT molecular complexity index is 969. The molecule has 0 aliphatic carbocycles. The third kappa shape index (κ3) is 3.51. The van der Waals surface area contributed by atoms with Gasteiger partial charge in [-0.05, 0) is 24.6 Å². The third-order valence-corrected chi connectivity index (χ3v) is 3.59. The fourth-order valence-corrected chi connectivity index (χ4v) is 2.32. The molecular weight excluding hydrogens is 340 g/mol. The second-order valence-electron chi connectivity index (χ2n) is 5.41. The van der Waals surface area contributed by atoms with Gasteiger partial charge < -0.3 is 9.84 Å². The van der Waals surface area contributed by atoms with Crippen molar-refractivity contribution in [1.82, 2.24) is 15.0 Å². The Labute approximate surface area is 147 Å². The number of aromatic carboxylic acids is 1. The van der Waals surface area contributed by atoms with Crippen molar-refractivity contribution in [2.75, 3.05) is 0 Å². The van der Waals surface area contributed by atoms with Crippen LogP contribution in [-0.2, 0) is 6.61 Å². The van der Waals surface area contributed by atoms with E-state index >= 15 is 0 Å². The maximum Gasteiger partial charge on any atom is 0.358 e. The Kier molecular flexibility index (Phi) is 4.61. The van der Waals surface area contributed by atoms with E-state index in [9.17, 15) is 14.9 Å². The first-order valence-electron chi connectivity index (χ1n) is 7.58. The molecule has 1 N–H and O–H groups in total. The maximum atomic E-state index is 11.4. The molecule has 0 saturated carbocycles. The lowest BCUT2D eigenvalue weighted by Gasteiger charge is -2.08. The van der Waals surface area contributed by atoms with Crippen LogP contribution in [-0.4, -0.2) is 31.0 Å². The van der Waals surface area contributed by atoms with E-state index in [2.05, 4.69) is 10.2 Å². The number of aryl methyl sites for hydroxylation is 1. The molecule has 0 unspecified atom stereocenters. The van der Waals surface area contributed by atoms with Crippen molar-refractivity contribution in [2.24, 2.45) is 0 Å². The van der Waals surface area contributed by atoms with Gasteiger partial charge >= 0.3 is 11.7 Å². The summed E-state index contributed by atoms with van der Waals surface area (Å²) in [5.41, 5.74) is 0.882. The van der Waals surface area contributed by atoms with Gasteiger partial charge in [-0.3, -0.25) is 10.1 Å². The zero-order valence-electron chi connectivity index (χ0n) is 13.7. The first kappa shape index (κ1) is 17.1. The molecule has 9 heteroatoms. The monoisotopic (exact) mass is 354 g/mol. The first-order valence-corrected chi connectivity index (χ1v) is 7.58. The smallest absolute Gasteiger partial charge is 0.358 e. The molecule has 1 aromatic heterocycles. The SMILES string of the molecule is Cc1nn(-c2ccc(OCc3ccccc3)c([N+](=O)[O-])c2)nc1C(=O)O. The average Bonchev–Trinajstić information content (AvgIpc) is 3.02. The lowest BCUT2D eigenvalue weighted by Crippen LogP contribution is -2.04. The predicted octanol–water partition coefficient (Wildman–Crippen LogP) is 2.76. The summed E-state index contributed by atoms with van der Waals surface area (Å²) < 4.78 is 5.56. The van der Waals surface area contributed by atoms with E-state index in [1.165, 1.54) is 25.1 Å². The van der Waals surface area contributed by atoms with Gasteiger partial charge in [-0.25, -0.2) is 4.79 Å². The molecule has 3 rings (SSSR count). The maximum absolute atomic E-state index is 11.4. The van der Waals surface area contributed by atoms with Gasteiger partial charge in [0.1, 0.15) is 6.61 Å². The number of aromatic nitrogens is 3. The van der Waals surface area contributed by atoms with Crippen molar-refractivity contribution in [3.8, 4) is 11.4 Å². The van der Waals surface area contributed by atoms with E-state index < -0.39 is 10.9 Å². The van der Waals surface area contributed by atoms with Crippen LogP contribution in [0.1, 0.15) is 21.7 Å². The number of ether oxygens (including phenoxy) is 1. The first-order chi connectivity index (χ1) is 12.5. The highest BCUT2D eigenvalue weighted by Gasteiger charge is 2.20. The molecule has 0 saturated heterocycles. The van der Waals surface area contributed by atoms with Crippen LogP contribution in [0.15, 0.2) is 48.5 Å². The molecule has 0 spiro atoms. The fourth-order valence-electron chi connectivity index (χ4n) is 2.32. The Morgan fingerprint density at radius 1 is 1.23 bits per heavy atom. The van der Waals surface area contributed by atoms with Gasteiger partial charge in [0.25, 0.3) is 0 Å². The number of hydrogen-bond acceptors (Lipinski definition) is 6. The highest BCUT2D eigenvalue weighted by Crippen LogP contribution is 2.30. The number of hydrogen-bond donors (Lipinski definition) is 1. The Morgan fingerprint density at radius 2 is 1.96 bits per heavy atom. The van der Waals surface area contributed by atoms with E-state index in [1.807, 2.05) is 30.3 Å². The number of rotatable bonds is 6. The molecule has 1 heterocycles. The molecule has 132 valence electrons. The third-order valence-electron chi connectivity index (χ3n) is 3.59. The van der Waals surface area contributed by atoms with Crippen LogP contribution in [0, 0.1) is 17.0 Å².